The Morgan fingerprint density at radius 3 is 2.86 bits per heavy atom. The fourth-order valence-electron chi connectivity index (χ4n) is 3.49. The maximum atomic E-state index is 6.58. The third-order valence-electron chi connectivity index (χ3n) is 4.76. The molecule has 1 aromatic rings. The Kier molecular flexibility index (Phi) is 5.22. The van der Waals surface area contributed by atoms with Crippen LogP contribution in [-0.2, 0) is 4.74 Å². The van der Waals surface area contributed by atoms with Gasteiger partial charge in [0.2, 0.25) is 0 Å². The molecule has 2 heterocycles. The second-order valence-corrected chi connectivity index (χ2v) is 8.60. The predicted octanol–water partition coefficient (Wildman–Crippen LogP) is 4.79. The van der Waals surface area contributed by atoms with E-state index in [1.807, 2.05) is 23.9 Å². The van der Waals surface area contributed by atoms with Gasteiger partial charge in [-0.15, -0.1) is 0 Å². The van der Waals surface area contributed by atoms with Crippen LogP contribution in [0.25, 0.3) is 0 Å². The molecule has 2 N–H and O–H groups in total. The normalized spacial score (nSPS) is 26.7. The molecule has 2 aliphatic rings. The van der Waals surface area contributed by atoms with Crippen LogP contribution in [0.1, 0.15) is 37.3 Å². The van der Waals surface area contributed by atoms with Crippen molar-refractivity contribution in [2.75, 3.05) is 18.1 Å². The molecule has 2 nitrogen and oxygen atoms in total. The largest absolute Gasteiger partial charge is 0.375 e. The molecule has 1 aromatic carbocycles. The fourth-order valence-corrected chi connectivity index (χ4v) is 5.67. The summed E-state index contributed by atoms with van der Waals surface area (Å²) in [5, 5.41) is 0.741. The molecule has 2 unspecified atom stereocenters. The lowest BCUT2D eigenvalue weighted by Crippen LogP contribution is -2.45. The van der Waals surface area contributed by atoms with E-state index in [0.29, 0.717) is 5.92 Å². The van der Waals surface area contributed by atoms with Gasteiger partial charge in [-0.2, -0.15) is 11.8 Å². The molecule has 5 heteroatoms. The quantitative estimate of drug-likeness (QED) is 0.788. The summed E-state index contributed by atoms with van der Waals surface area (Å²) in [6, 6.07) is 5.96. The summed E-state index contributed by atoms with van der Waals surface area (Å²) in [5.41, 5.74) is 7.82. The molecule has 2 fully saturated rings. The first kappa shape index (κ1) is 16.1. The molecule has 21 heavy (non-hydrogen) atoms. The first-order valence-electron chi connectivity index (χ1n) is 7.52. The van der Waals surface area contributed by atoms with Crippen molar-refractivity contribution < 1.29 is 4.74 Å². The average Bonchev–Trinajstić information content (AvgIpc) is 2.47. The van der Waals surface area contributed by atoms with Crippen molar-refractivity contribution >= 4 is 39.3 Å². The first-order chi connectivity index (χ1) is 10.1. The molecule has 1 spiro atoms. The Bertz CT molecular complexity index is 502. The maximum absolute atomic E-state index is 6.58. The number of halogens is 2. The number of rotatable bonds is 2. The van der Waals surface area contributed by atoms with Gasteiger partial charge in [-0.25, -0.2) is 0 Å². The van der Waals surface area contributed by atoms with E-state index in [1.165, 1.54) is 24.3 Å². The summed E-state index contributed by atoms with van der Waals surface area (Å²) >= 11 is 11.7. The maximum Gasteiger partial charge on any atom is 0.0701 e. The zero-order valence-corrected chi connectivity index (χ0v) is 15.1. The summed E-state index contributed by atoms with van der Waals surface area (Å²) in [5.74, 6) is 2.92. The van der Waals surface area contributed by atoms with Gasteiger partial charge in [0.05, 0.1) is 5.60 Å². The summed E-state index contributed by atoms with van der Waals surface area (Å²) in [7, 11) is 0. The smallest absolute Gasteiger partial charge is 0.0701 e. The minimum absolute atomic E-state index is 0.0481. The lowest BCUT2D eigenvalue weighted by atomic mass is 9.77. The second-order valence-electron chi connectivity index (χ2n) is 6.09. The highest BCUT2D eigenvalue weighted by Gasteiger charge is 2.40. The van der Waals surface area contributed by atoms with Crippen molar-refractivity contribution in [3.05, 3.63) is 33.3 Å². The molecule has 0 saturated carbocycles. The van der Waals surface area contributed by atoms with Crippen LogP contribution in [0.5, 0.6) is 0 Å². The van der Waals surface area contributed by atoms with E-state index in [2.05, 4.69) is 22.0 Å². The highest BCUT2D eigenvalue weighted by molar-refractivity contribution is 9.10. The number of hydrogen-bond donors (Lipinski definition) is 1. The topological polar surface area (TPSA) is 35.2 Å². The van der Waals surface area contributed by atoms with Crippen LogP contribution in [0.4, 0.5) is 0 Å². The van der Waals surface area contributed by atoms with Gasteiger partial charge in [0.15, 0.2) is 0 Å². The van der Waals surface area contributed by atoms with E-state index >= 15 is 0 Å². The molecule has 2 atom stereocenters. The van der Waals surface area contributed by atoms with Gasteiger partial charge in [0.1, 0.15) is 0 Å². The van der Waals surface area contributed by atoms with Gasteiger partial charge in [0.25, 0.3) is 0 Å². The van der Waals surface area contributed by atoms with E-state index < -0.39 is 0 Å². The Morgan fingerprint density at radius 1 is 1.38 bits per heavy atom. The van der Waals surface area contributed by atoms with E-state index in [9.17, 15) is 0 Å². The number of ether oxygens (including phenoxy) is 1. The monoisotopic (exact) mass is 389 g/mol. The molecule has 116 valence electrons. The molecule has 0 amide bonds. The van der Waals surface area contributed by atoms with Gasteiger partial charge in [-0.05, 0) is 60.8 Å². The lowest BCUT2D eigenvalue weighted by molar-refractivity contribution is -0.105. The highest BCUT2D eigenvalue weighted by Crippen LogP contribution is 2.43. The first-order valence-corrected chi connectivity index (χ1v) is 9.84. The molecule has 0 bridgehead atoms. The van der Waals surface area contributed by atoms with Gasteiger partial charge in [-0.1, -0.05) is 33.6 Å². The van der Waals surface area contributed by atoms with Crippen LogP contribution in [-0.4, -0.2) is 23.7 Å². The fraction of sp³-hybridized carbons (Fsp3) is 0.625. The Balaban J connectivity index is 1.76. The highest BCUT2D eigenvalue weighted by atomic mass is 79.9. The van der Waals surface area contributed by atoms with Crippen molar-refractivity contribution in [3.63, 3.8) is 0 Å². The Hall–Kier alpha value is 0.260. The zero-order chi connectivity index (χ0) is 14.9. The molecule has 0 radical (unpaired) electrons. The van der Waals surface area contributed by atoms with Crippen LogP contribution in [0, 0.1) is 5.92 Å². The van der Waals surface area contributed by atoms with Crippen molar-refractivity contribution in [3.8, 4) is 0 Å². The molecule has 2 saturated heterocycles. The molecule has 0 aliphatic carbocycles. The summed E-state index contributed by atoms with van der Waals surface area (Å²) in [4.78, 5) is 0. The number of hydrogen-bond acceptors (Lipinski definition) is 3. The zero-order valence-electron chi connectivity index (χ0n) is 12.0. The van der Waals surface area contributed by atoms with Crippen LogP contribution in [0.2, 0.25) is 5.02 Å². The van der Waals surface area contributed by atoms with Gasteiger partial charge < -0.3 is 10.5 Å². The van der Waals surface area contributed by atoms with Gasteiger partial charge in [0, 0.05) is 22.1 Å². The molecule has 3 rings (SSSR count). The van der Waals surface area contributed by atoms with Crippen LogP contribution >= 0.6 is 39.3 Å². The standard InChI is InChI=1S/C16H21BrClNOS/c17-14-9-12(18)1-2-13(14)15(19)11-3-6-20-16(10-11)4-7-21-8-5-16/h1-2,9,11,15H,3-8,10,19H2. The van der Waals surface area contributed by atoms with E-state index in [0.717, 1.165) is 34.5 Å². The van der Waals surface area contributed by atoms with Gasteiger partial charge >= 0.3 is 0 Å². The van der Waals surface area contributed by atoms with Crippen molar-refractivity contribution in [1.29, 1.82) is 0 Å². The summed E-state index contributed by atoms with van der Waals surface area (Å²) in [6.07, 6.45) is 4.47. The van der Waals surface area contributed by atoms with E-state index in [4.69, 9.17) is 22.1 Å². The summed E-state index contributed by atoms with van der Waals surface area (Å²) in [6.45, 7) is 0.842. The SMILES string of the molecule is NC(c1ccc(Cl)cc1Br)C1CCOC2(CCSCC2)C1. The molecule has 2 aliphatic heterocycles. The average molecular weight is 391 g/mol. The third-order valence-corrected chi connectivity index (χ3v) is 6.67. The minimum Gasteiger partial charge on any atom is -0.375 e. The number of thioether (sulfide) groups is 1. The van der Waals surface area contributed by atoms with Crippen molar-refractivity contribution in [2.45, 2.75) is 37.3 Å². The van der Waals surface area contributed by atoms with Crippen LogP contribution in [0.15, 0.2) is 22.7 Å². The second kappa shape index (κ2) is 6.79. The Morgan fingerprint density at radius 2 is 2.14 bits per heavy atom. The number of benzene rings is 1. The summed E-state index contributed by atoms with van der Waals surface area (Å²) < 4.78 is 7.19. The molecular formula is C16H21BrClNOS. The lowest BCUT2D eigenvalue weighted by Gasteiger charge is -2.45. The minimum atomic E-state index is 0.0481. The van der Waals surface area contributed by atoms with Crippen molar-refractivity contribution in [2.24, 2.45) is 11.7 Å². The van der Waals surface area contributed by atoms with E-state index in [1.54, 1.807) is 0 Å². The number of nitrogens with two attached hydrogens (primary N) is 1. The third kappa shape index (κ3) is 3.61. The van der Waals surface area contributed by atoms with E-state index in [-0.39, 0.29) is 11.6 Å². The van der Waals surface area contributed by atoms with Crippen LogP contribution in [0.3, 0.4) is 0 Å². The van der Waals surface area contributed by atoms with Crippen molar-refractivity contribution in [1.82, 2.24) is 0 Å². The predicted molar refractivity (Wildman–Crippen MR) is 94.0 cm³/mol. The molecule has 0 aromatic heterocycles. The Labute approximate surface area is 144 Å². The van der Waals surface area contributed by atoms with Gasteiger partial charge in [-0.3, -0.25) is 0 Å². The molecular weight excluding hydrogens is 370 g/mol. The van der Waals surface area contributed by atoms with Crippen LogP contribution < -0.4 is 5.73 Å².